The van der Waals surface area contributed by atoms with Gasteiger partial charge in [0.25, 0.3) is 0 Å². The number of carbonyl (C=O) groups is 1. The van der Waals surface area contributed by atoms with Crippen LogP contribution in [0.5, 0.6) is 0 Å². The second kappa shape index (κ2) is 9.06. The van der Waals surface area contributed by atoms with Crippen molar-refractivity contribution in [3.8, 4) is 0 Å². The number of carboxylic acids is 1. The van der Waals surface area contributed by atoms with Crippen LogP contribution >= 0.6 is 0 Å². The Morgan fingerprint density at radius 3 is 2.42 bits per heavy atom. The molecule has 2 aromatic heterocycles. The first-order valence-electron chi connectivity index (χ1n) is 11.3. The molecule has 0 radical (unpaired) electrons. The number of nitrogens with one attached hydrogen (secondary N) is 1. The number of aryl methyl sites for hydroxylation is 5. The third kappa shape index (κ3) is 4.46. The summed E-state index contributed by atoms with van der Waals surface area (Å²) in [4.78, 5) is 21.6. The molecule has 4 aromatic rings. The summed E-state index contributed by atoms with van der Waals surface area (Å²) in [6.07, 6.45) is 0.824. The van der Waals surface area contributed by atoms with E-state index in [1.165, 1.54) is 0 Å². The predicted molar refractivity (Wildman–Crippen MR) is 132 cm³/mol. The van der Waals surface area contributed by atoms with Crippen LogP contribution in [0.2, 0.25) is 0 Å². The number of imidazole rings is 1. The molecule has 0 fully saturated rings. The Morgan fingerprint density at radius 2 is 1.76 bits per heavy atom. The molecule has 0 spiro atoms. The Labute approximate surface area is 194 Å². The Bertz CT molecular complexity index is 1340. The van der Waals surface area contributed by atoms with Crippen LogP contribution in [-0.4, -0.2) is 25.6 Å². The molecule has 0 aliphatic heterocycles. The number of hydrogen-bond acceptors (Lipinski definition) is 4. The first kappa shape index (κ1) is 22.5. The topological polar surface area (TPSA) is 80.0 Å². The minimum Gasteiger partial charge on any atom is -0.479 e. The summed E-state index contributed by atoms with van der Waals surface area (Å²) in [6, 6.07) is 14.9. The van der Waals surface area contributed by atoms with E-state index in [9.17, 15) is 9.90 Å². The molecule has 0 aliphatic carbocycles. The highest BCUT2D eigenvalue weighted by atomic mass is 16.4. The summed E-state index contributed by atoms with van der Waals surface area (Å²) in [5.74, 6) is 0.110. The third-order valence-electron chi connectivity index (χ3n) is 6.10. The number of nitrogens with zero attached hydrogens (tertiary/aromatic N) is 3. The molecule has 33 heavy (non-hydrogen) atoms. The SMILES string of the molecule is CCc1nc2c(C)cc(C)nc2n1Cc1ccc(NC(C(=O)O)c2ccccc2C)c(C)c1. The van der Waals surface area contributed by atoms with E-state index < -0.39 is 12.0 Å². The van der Waals surface area contributed by atoms with Crippen LogP contribution in [0.25, 0.3) is 11.2 Å². The maximum Gasteiger partial charge on any atom is 0.330 e. The molecular weight excluding hydrogens is 412 g/mol. The third-order valence-corrected chi connectivity index (χ3v) is 6.10. The maximum atomic E-state index is 12.0. The fourth-order valence-corrected chi connectivity index (χ4v) is 4.39. The van der Waals surface area contributed by atoms with Crippen LogP contribution in [0.1, 0.15) is 52.3 Å². The van der Waals surface area contributed by atoms with E-state index in [0.717, 1.165) is 62.6 Å². The summed E-state index contributed by atoms with van der Waals surface area (Å²) in [5.41, 5.74) is 8.63. The van der Waals surface area contributed by atoms with E-state index in [0.29, 0.717) is 6.54 Å². The molecule has 6 heteroatoms. The van der Waals surface area contributed by atoms with E-state index in [1.807, 2.05) is 57.2 Å². The Hall–Kier alpha value is -3.67. The standard InChI is InChI=1S/C27H30N4O2/c1-6-23-30-24-18(4)13-19(5)28-26(24)31(23)15-20-11-12-22(17(3)14-20)29-25(27(32)33)21-10-8-7-9-16(21)2/h7-14,25,29H,6,15H2,1-5H3,(H,32,33). The first-order chi connectivity index (χ1) is 15.8. The van der Waals surface area contributed by atoms with Gasteiger partial charge in [-0.25, -0.2) is 14.8 Å². The molecule has 0 aliphatic rings. The summed E-state index contributed by atoms with van der Waals surface area (Å²) in [6.45, 7) is 10.8. The number of aromatic nitrogens is 3. The largest absolute Gasteiger partial charge is 0.479 e. The van der Waals surface area contributed by atoms with Crippen LogP contribution in [0.15, 0.2) is 48.5 Å². The molecule has 4 rings (SSSR count). The summed E-state index contributed by atoms with van der Waals surface area (Å²) < 4.78 is 2.19. The number of fused-ring (bicyclic) bond motifs is 1. The van der Waals surface area contributed by atoms with Crippen molar-refractivity contribution >= 4 is 22.8 Å². The van der Waals surface area contributed by atoms with Crippen LogP contribution < -0.4 is 5.32 Å². The van der Waals surface area contributed by atoms with Crippen molar-refractivity contribution in [3.05, 3.63) is 87.9 Å². The highest BCUT2D eigenvalue weighted by Crippen LogP contribution is 2.27. The zero-order chi connectivity index (χ0) is 23.7. The minimum atomic E-state index is -0.901. The minimum absolute atomic E-state index is 0.664. The van der Waals surface area contributed by atoms with Gasteiger partial charge in [-0.05, 0) is 67.6 Å². The molecule has 1 unspecified atom stereocenters. The molecule has 6 nitrogen and oxygen atoms in total. The van der Waals surface area contributed by atoms with Gasteiger partial charge in [0.05, 0.1) is 6.54 Å². The Balaban J connectivity index is 1.65. The van der Waals surface area contributed by atoms with E-state index in [2.05, 4.69) is 35.9 Å². The maximum absolute atomic E-state index is 12.0. The van der Waals surface area contributed by atoms with Gasteiger partial charge < -0.3 is 15.0 Å². The van der Waals surface area contributed by atoms with E-state index >= 15 is 0 Å². The fraction of sp³-hybridized carbons (Fsp3) is 0.296. The number of benzene rings is 2. The lowest BCUT2D eigenvalue weighted by Crippen LogP contribution is -2.22. The quantitative estimate of drug-likeness (QED) is 0.394. The van der Waals surface area contributed by atoms with Crippen molar-refractivity contribution in [1.82, 2.24) is 14.5 Å². The predicted octanol–water partition coefficient (Wildman–Crippen LogP) is 5.51. The van der Waals surface area contributed by atoms with Gasteiger partial charge in [-0.1, -0.05) is 43.3 Å². The second-order valence-corrected chi connectivity index (χ2v) is 8.64. The molecule has 0 saturated carbocycles. The lowest BCUT2D eigenvalue weighted by molar-refractivity contribution is -0.138. The molecule has 170 valence electrons. The van der Waals surface area contributed by atoms with Crippen LogP contribution in [0.4, 0.5) is 5.69 Å². The van der Waals surface area contributed by atoms with Gasteiger partial charge in [0.2, 0.25) is 0 Å². The van der Waals surface area contributed by atoms with E-state index in [1.54, 1.807) is 0 Å². The van der Waals surface area contributed by atoms with Crippen LogP contribution in [-0.2, 0) is 17.8 Å². The summed E-state index contributed by atoms with van der Waals surface area (Å²) >= 11 is 0. The lowest BCUT2D eigenvalue weighted by atomic mass is 10.0. The number of hydrogen-bond donors (Lipinski definition) is 2. The number of pyridine rings is 1. The van der Waals surface area contributed by atoms with Crippen molar-refractivity contribution in [3.63, 3.8) is 0 Å². The van der Waals surface area contributed by atoms with Gasteiger partial charge in [0.15, 0.2) is 11.7 Å². The number of aliphatic carboxylic acids is 1. The van der Waals surface area contributed by atoms with Gasteiger partial charge in [0, 0.05) is 17.8 Å². The zero-order valence-corrected chi connectivity index (χ0v) is 19.8. The van der Waals surface area contributed by atoms with Crippen molar-refractivity contribution in [2.24, 2.45) is 0 Å². The van der Waals surface area contributed by atoms with Crippen LogP contribution in [0.3, 0.4) is 0 Å². The molecule has 2 heterocycles. The first-order valence-corrected chi connectivity index (χ1v) is 11.3. The van der Waals surface area contributed by atoms with Gasteiger partial charge in [-0.15, -0.1) is 0 Å². The van der Waals surface area contributed by atoms with Gasteiger partial charge in [-0.2, -0.15) is 0 Å². The normalized spacial score (nSPS) is 12.2. The molecule has 0 amide bonds. The van der Waals surface area contributed by atoms with Gasteiger partial charge in [-0.3, -0.25) is 0 Å². The summed E-state index contributed by atoms with van der Waals surface area (Å²) in [5, 5.41) is 13.1. The fourth-order valence-electron chi connectivity index (χ4n) is 4.39. The molecule has 0 saturated heterocycles. The smallest absolute Gasteiger partial charge is 0.330 e. The number of carboxylic acid groups (broad SMARTS) is 1. The van der Waals surface area contributed by atoms with Gasteiger partial charge in [0.1, 0.15) is 11.3 Å². The highest BCUT2D eigenvalue weighted by molar-refractivity contribution is 5.80. The van der Waals surface area contributed by atoms with Crippen molar-refractivity contribution in [1.29, 1.82) is 0 Å². The van der Waals surface area contributed by atoms with E-state index in [4.69, 9.17) is 9.97 Å². The molecule has 2 N–H and O–H groups in total. The Morgan fingerprint density at radius 1 is 1.00 bits per heavy atom. The zero-order valence-electron chi connectivity index (χ0n) is 19.8. The summed E-state index contributed by atoms with van der Waals surface area (Å²) in [7, 11) is 0. The van der Waals surface area contributed by atoms with Crippen molar-refractivity contribution in [2.45, 2.75) is 53.6 Å². The average Bonchev–Trinajstić information content (AvgIpc) is 3.11. The van der Waals surface area contributed by atoms with Gasteiger partial charge >= 0.3 is 5.97 Å². The van der Waals surface area contributed by atoms with E-state index in [-0.39, 0.29) is 0 Å². The monoisotopic (exact) mass is 442 g/mol. The molecule has 1 atom stereocenters. The molecular formula is C27H30N4O2. The number of anilines is 1. The lowest BCUT2D eigenvalue weighted by Gasteiger charge is -2.20. The van der Waals surface area contributed by atoms with Crippen molar-refractivity contribution in [2.75, 3.05) is 5.32 Å². The second-order valence-electron chi connectivity index (χ2n) is 8.64. The number of rotatable bonds is 7. The molecule has 2 aromatic carbocycles. The van der Waals surface area contributed by atoms with Crippen molar-refractivity contribution < 1.29 is 9.90 Å². The molecule has 0 bridgehead atoms. The highest BCUT2D eigenvalue weighted by Gasteiger charge is 2.22. The Kier molecular flexibility index (Phi) is 6.18. The average molecular weight is 443 g/mol. The van der Waals surface area contributed by atoms with Crippen LogP contribution in [0, 0.1) is 27.7 Å².